The van der Waals surface area contributed by atoms with E-state index >= 15 is 0 Å². The molecule has 0 saturated heterocycles. The lowest BCUT2D eigenvalue weighted by Gasteiger charge is -2.29. The van der Waals surface area contributed by atoms with E-state index in [2.05, 4.69) is 48.9 Å². The van der Waals surface area contributed by atoms with Crippen LogP contribution in [0.5, 0.6) is 0 Å². The van der Waals surface area contributed by atoms with Crippen molar-refractivity contribution in [3.63, 3.8) is 0 Å². The van der Waals surface area contributed by atoms with E-state index in [0.717, 1.165) is 10.0 Å². The second-order valence-corrected chi connectivity index (χ2v) is 6.64. The number of aryl methyl sites for hydroxylation is 1. The molecule has 2 nitrogen and oxygen atoms in total. The SMILES string of the molecule is Cc1ccc(C(=O)NCC(C)(C)C(C)C)cc1Br. The molecule has 18 heavy (non-hydrogen) atoms. The van der Waals surface area contributed by atoms with Crippen LogP contribution in [0.1, 0.15) is 43.6 Å². The smallest absolute Gasteiger partial charge is 0.251 e. The maximum Gasteiger partial charge on any atom is 0.251 e. The average molecular weight is 312 g/mol. The summed E-state index contributed by atoms with van der Waals surface area (Å²) in [5.74, 6) is 0.520. The zero-order valence-electron chi connectivity index (χ0n) is 11.8. The van der Waals surface area contributed by atoms with Gasteiger partial charge in [-0.25, -0.2) is 0 Å². The Balaban J connectivity index is 2.69. The maximum absolute atomic E-state index is 12.0. The predicted octanol–water partition coefficient (Wildman–Crippen LogP) is 4.17. The van der Waals surface area contributed by atoms with Crippen LogP contribution in [0.25, 0.3) is 0 Å². The summed E-state index contributed by atoms with van der Waals surface area (Å²) in [6, 6.07) is 5.68. The summed E-state index contributed by atoms with van der Waals surface area (Å²) in [4.78, 5) is 12.0. The van der Waals surface area contributed by atoms with Crippen LogP contribution in [0.15, 0.2) is 22.7 Å². The molecular weight excluding hydrogens is 290 g/mol. The van der Waals surface area contributed by atoms with Gasteiger partial charge < -0.3 is 5.32 Å². The zero-order valence-corrected chi connectivity index (χ0v) is 13.4. The fourth-order valence-electron chi connectivity index (χ4n) is 1.35. The first-order valence-electron chi connectivity index (χ1n) is 6.28. The molecule has 0 radical (unpaired) electrons. The van der Waals surface area contributed by atoms with E-state index in [4.69, 9.17) is 0 Å². The normalized spacial score (nSPS) is 11.7. The van der Waals surface area contributed by atoms with E-state index < -0.39 is 0 Å². The number of nitrogens with one attached hydrogen (secondary N) is 1. The molecule has 0 atom stereocenters. The lowest BCUT2D eigenvalue weighted by molar-refractivity contribution is 0.0924. The number of carbonyl (C=O) groups is 1. The molecule has 0 aliphatic carbocycles. The number of carbonyl (C=O) groups excluding carboxylic acids is 1. The highest BCUT2D eigenvalue weighted by Crippen LogP contribution is 2.25. The lowest BCUT2D eigenvalue weighted by Crippen LogP contribution is -2.36. The molecule has 3 heteroatoms. The second kappa shape index (κ2) is 5.87. The van der Waals surface area contributed by atoms with Crippen molar-refractivity contribution in [2.75, 3.05) is 6.54 Å². The third kappa shape index (κ3) is 3.84. The van der Waals surface area contributed by atoms with E-state index in [0.29, 0.717) is 18.0 Å². The van der Waals surface area contributed by atoms with Crippen LogP contribution in [0.3, 0.4) is 0 Å². The number of hydrogen-bond donors (Lipinski definition) is 1. The number of benzene rings is 1. The molecule has 0 bridgehead atoms. The molecule has 0 saturated carbocycles. The summed E-state index contributed by atoms with van der Waals surface area (Å²) in [6.45, 7) is 11.4. The molecule has 1 aromatic rings. The molecule has 1 aromatic carbocycles. The molecule has 1 N–H and O–H groups in total. The van der Waals surface area contributed by atoms with Crippen molar-refractivity contribution in [2.24, 2.45) is 11.3 Å². The average Bonchev–Trinajstić information content (AvgIpc) is 2.29. The van der Waals surface area contributed by atoms with Crippen molar-refractivity contribution in [3.05, 3.63) is 33.8 Å². The van der Waals surface area contributed by atoms with Gasteiger partial charge >= 0.3 is 0 Å². The van der Waals surface area contributed by atoms with Crippen LogP contribution < -0.4 is 5.32 Å². The van der Waals surface area contributed by atoms with Gasteiger partial charge in [0.1, 0.15) is 0 Å². The van der Waals surface area contributed by atoms with Gasteiger partial charge in [0.2, 0.25) is 0 Å². The van der Waals surface area contributed by atoms with Gasteiger partial charge in [-0.3, -0.25) is 4.79 Å². The van der Waals surface area contributed by atoms with Gasteiger partial charge in [0.05, 0.1) is 0 Å². The van der Waals surface area contributed by atoms with Crippen molar-refractivity contribution in [3.8, 4) is 0 Å². The van der Waals surface area contributed by atoms with E-state index in [1.807, 2.05) is 25.1 Å². The van der Waals surface area contributed by atoms with Crippen molar-refractivity contribution in [2.45, 2.75) is 34.6 Å². The number of amides is 1. The van der Waals surface area contributed by atoms with Crippen LogP contribution in [-0.4, -0.2) is 12.5 Å². The molecule has 1 rings (SSSR count). The third-order valence-electron chi connectivity index (χ3n) is 3.70. The first-order chi connectivity index (χ1) is 8.24. The van der Waals surface area contributed by atoms with Crippen molar-refractivity contribution in [1.82, 2.24) is 5.32 Å². The molecule has 0 aliphatic rings. The fraction of sp³-hybridized carbons (Fsp3) is 0.533. The highest BCUT2D eigenvalue weighted by atomic mass is 79.9. The van der Waals surface area contributed by atoms with Gasteiger partial charge in [-0.1, -0.05) is 49.7 Å². The lowest BCUT2D eigenvalue weighted by atomic mass is 9.81. The minimum Gasteiger partial charge on any atom is -0.351 e. The summed E-state index contributed by atoms with van der Waals surface area (Å²) in [6.07, 6.45) is 0. The number of hydrogen-bond acceptors (Lipinski definition) is 1. The Kier molecular flexibility index (Phi) is 4.97. The van der Waals surface area contributed by atoms with Gasteiger partial charge in [-0.15, -0.1) is 0 Å². The monoisotopic (exact) mass is 311 g/mol. The van der Waals surface area contributed by atoms with Crippen LogP contribution in [0.2, 0.25) is 0 Å². The topological polar surface area (TPSA) is 29.1 Å². The predicted molar refractivity (Wildman–Crippen MR) is 79.8 cm³/mol. The Hall–Kier alpha value is -0.830. The molecule has 0 unspecified atom stereocenters. The quantitative estimate of drug-likeness (QED) is 0.888. The van der Waals surface area contributed by atoms with Gasteiger partial charge in [0.15, 0.2) is 0 Å². The van der Waals surface area contributed by atoms with Crippen molar-refractivity contribution in [1.29, 1.82) is 0 Å². The van der Waals surface area contributed by atoms with Gasteiger partial charge in [0, 0.05) is 16.6 Å². The Labute approximate surface area is 118 Å². The van der Waals surface area contributed by atoms with E-state index in [-0.39, 0.29) is 11.3 Å². The highest BCUT2D eigenvalue weighted by molar-refractivity contribution is 9.10. The summed E-state index contributed by atoms with van der Waals surface area (Å²) in [5.41, 5.74) is 1.94. The Bertz CT molecular complexity index is 438. The molecule has 0 spiro atoms. The standard InChI is InChI=1S/C15H22BrNO/c1-10(2)15(4,5)9-17-14(18)12-7-6-11(3)13(16)8-12/h6-8,10H,9H2,1-5H3,(H,17,18). The largest absolute Gasteiger partial charge is 0.351 e. The maximum atomic E-state index is 12.0. The summed E-state index contributed by atoms with van der Waals surface area (Å²) in [5, 5.41) is 3.01. The zero-order chi connectivity index (χ0) is 13.9. The van der Waals surface area contributed by atoms with Crippen LogP contribution in [-0.2, 0) is 0 Å². The van der Waals surface area contributed by atoms with E-state index in [1.165, 1.54) is 0 Å². The molecule has 0 fully saturated rings. The van der Waals surface area contributed by atoms with Crippen molar-refractivity contribution >= 4 is 21.8 Å². The fourth-order valence-corrected chi connectivity index (χ4v) is 1.73. The number of rotatable bonds is 4. The van der Waals surface area contributed by atoms with E-state index in [9.17, 15) is 4.79 Å². The van der Waals surface area contributed by atoms with Crippen molar-refractivity contribution < 1.29 is 4.79 Å². The Morgan fingerprint density at radius 3 is 2.50 bits per heavy atom. The van der Waals surface area contributed by atoms with Crippen LogP contribution in [0.4, 0.5) is 0 Å². The molecular formula is C15H22BrNO. The number of halogens is 1. The summed E-state index contributed by atoms with van der Waals surface area (Å²) in [7, 11) is 0. The minimum atomic E-state index is -0.00979. The van der Waals surface area contributed by atoms with Gasteiger partial charge in [-0.05, 0) is 36.0 Å². The Morgan fingerprint density at radius 2 is 2.00 bits per heavy atom. The molecule has 0 heterocycles. The summed E-state index contributed by atoms with van der Waals surface area (Å²) >= 11 is 3.45. The molecule has 100 valence electrons. The van der Waals surface area contributed by atoms with E-state index in [1.54, 1.807) is 0 Å². The third-order valence-corrected chi connectivity index (χ3v) is 4.56. The van der Waals surface area contributed by atoms with Crippen LogP contribution in [0, 0.1) is 18.3 Å². The molecule has 0 aliphatic heterocycles. The molecule has 0 aromatic heterocycles. The first-order valence-corrected chi connectivity index (χ1v) is 7.07. The highest BCUT2D eigenvalue weighted by Gasteiger charge is 2.23. The Morgan fingerprint density at radius 1 is 1.39 bits per heavy atom. The second-order valence-electron chi connectivity index (χ2n) is 5.79. The van der Waals surface area contributed by atoms with Crippen LogP contribution >= 0.6 is 15.9 Å². The molecule has 1 amide bonds. The van der Waals surface area contributed by atoms with Gasteiger partial charge in [0.25, 0.3) is 5.91 Å². The van der Waals surface area contributed by atoms with Gasteiger partial charge in [-0.2, -0.15) is 0 Å². The minimum absolute atomic E-state index is 0.00979. The summed E-state index contributed by atoms with van der Waals surface area (Å²) < 4.78 is 0.971. The first kappa shape index (κ1) is 15.2.